The largest absolute Gasteiger partial charge is 0.352 e. The Morgan fingerprint density at radius 2 is 1.92 bits per heavy atom. The normalized spacial score (nSPS) is 12.3. The van der Waals surface area contributed by atoms with Gasteiger partial charge in [0.05, 0.1) is 6.04 Å². The van der Waals surface area contributed by atoms with Crippen molar-refractivity contribution < 1.29 is 8.78 Å². The van der Waals surface area contributed by atoms with Gasteiger partial charge in [0.2, 0.25) is 0 Å². The molecule has 0 saturated heterocycles. The fraction of sp³-hybridized carbons (Fsp3) is 0.278. The number of hydrogen-bond donors (Lipinski definition) is 2. The molecule has 0 amide bonds. The summed E-state index contributed by atoms with van der Waals surface area (Å²) >= 11 is 0. The molecule has 2 rings (SSSR count). The highest BCUT2D eigenvalue weighted by molar-refractivity contribution is 14.0. The molecule has 0 saturated carbocycles. The molecule has 2 aromatic rings. The molecule has 0 aliphatic rings. The maximum atomic E-state index is 13.7. The molecule has 130 valence electrons. The van der Waals surface area contributed by atoms with Crippen LogP contribution in [0.25, 0.3) is 0 Å². The zero-order valence-electron chi connectivity index (χ0n) is 13.9. The molecule has 0 fully saturated rings. The van der Waals surface area contributed by atoms with Crippen molar-refractivity contribution in [1.82, 2.24) is 10.6 Å². The summed E-state index contributed by atoms with van der Waals surface area (Å²) in [7, 11) is 1.66. The van der Waals surface area contributed by atoms with Gasteiger partial charge in [0, 0.05) is 13.6 Å². The number of nitrogens with one attached hydrogen (secondary N) is 2. The van der Waals surface area contributed by atoms with Crippen LogP contribution in [0.5, 0.6) is 0 Å². The molecule has 24 heavy (non-hydrogen) atoms. The summed E-state index contributed by atoms with van der Waals surface area (Å²) in [6.45, 7) is 4.11. The molecule has 1 atom stereocenters. The second-order valence-corrected chi connectivity index (χ2v) is 5.43. The van der Waals surface area contributed by atoms with Gasteiger partial charge in [-0.1, -0.05) is 24.3 Å². The van der Waals surface area contributed by atoms with Crippen molar-refractivity contribution in [3.8, 4) is 0 Å². The van der Waals surface area contributed by atoms with Crippen LogP contribution in [0.2, 0.25) is 0 Å². The van der Waals surface area contributed by atoms with Gasteiger partial charge in [-0.3, -0.25) is 4.99 Å². The van der Waals surface area contributed by atoms with Crippen molar-refractivity contribution in [3.63, 3.8) is 0 Å². The Morgan fingerprint density at radius 1 is 1.17 bits per heavy atom. The Morgan fingerprint density at radius 3 is 2.54 bits per heavy atom. The van der Waals surface area contributed by atoms with Gasteiger partial charge in [-0.25, -0.2) is 8.78 Å². The summed E-state index contributed by atoms with van der Waals surface area (Å²) in [6, 6.07) is 11.4. The van der Waals surface area contributed by atoms with Crippen LogP contribution in [-0.2, 0) is 6.54 Å². The number of nitrogens with zero attached hydrogens (tertiary/aromatic N) is 1. The first-order valence-electron chi connectivity index (χ1n) is 7.47. The standard InChI is InChI=1S/C18H21F2N3.HI/c1-12-7-8-15(10-17(12)20)13(2)23-18(21-3)22-11-14-5-4-6-16(19)9-14;/h4-10,13H,11H2,1-3H3,(H2,21,22,23);1H. The lowest BCUT2D eigenvalue weighted by Crippen LogP contribution is -2.38. The number of rotatable bonds is 4. The number of hydrogen-bond acceptors (Lipinski definition) is 1. The molecule has 3 nitrogen and oxygen atoms in total. The Bertz CT molecular complexity index is 704. The highest BCUT2D eigenvalue weighted by Gasteiger charge is 2.09. The second kappa shape index (κ2) is 9.56. The van der Waals surface area contributed by atoms with Crippen molar-refractivity contribution >= 4 is 29.9 Å². The van der Waals surface area contributed by atoms with Crippen LogP contribution in [0.3, 0.4) is 0 Å². The number of aryl methyl sites for hydroxylation is 1. The van der Waals surface area contributed by atoms with Crippen molar-refractivity contribution in [3.05, 3.63) is 70.8 Å². The van der Waals surface area contributed by atoms with E-state index < -0.39 is 0 Å². The Balaban J connectivity index is 0.00000288. The smallest absolute Gasteiger partial charge is 0.191 e. The average Bonchev–Trinajstić information content (AvgIpc) is 2.53. The Kier molecular flexibility index (Phi) is 8.10. The molecule has 0 aliphatic heterocycles. The van der Waals surface area contributed by atoms with Crippen LogP contribution in [0, 0.1) is 18.6 Å². The van der Waals surface area contributed by atoms with Gasteiger partial charge in [-0.05, 0) is 48.7 Å². The fourth-order valence-corrected chi connectivity index (χ4v) is 2.19. The zero-order valence-corrected chi connectivity index (χ0v) is 16.3. The van der Waals surface area contributed by atoms with Crippen LogP contribution in [0.4, 0.5) is 8.78 Å². The van der Waals surface area contributed by atoms with Crippen molar-refractivity contribution in [2.75, 3.05) is 7.05 Å². The van der Waals surface area contributed by atoms with E-state index in [0.29, 0.717) is 18.1 Å². The third-order valence-corrected chi connectivity index (χ3v) is 3.62. The lowest BCUT2D eigenvalue weighted by Gasteiger charge is -2.18. The van der Waals surface area contributed by atoms with Crippen LogP contribution in [-0.4, -0.2) is 13.0 Å². The first-order valence-corrected chi connectivity index (χ1v) is 7.47. The van der Waals surface area contributed by atoms with Gasteiger partial charge in [0.1, 0.15) is 11.6 Å². The first kappa shape index (κ1) is 20.3. The van der Waals surface area contributed by atoms with E-state index in [1.165, 1.54) is 18.2 Å². The van der Waals surface area contributed by atoms with E-state index in [1.807, 2.05) is 19.1 Å². The van der Waals surface area contributed by atoms with E-state index in [4.69, 9.17) is 0 Å². The minimum Gasteiger partial charge on any atom is -0.352 e. The summed E-state index contributed by atoms with van der Waals surface area (Å²) < 4.78 is 26.8. The van der Waals surface area contributed by atoms with E-state index in [-0.39, 0.29) is 41.7 Å². The summed E-state index contributed by atoms with van der Waals surface area (Å²) in [5, 5.41) is 6.31. The lowest BCUT2D eigenvalue weighted by atomic mass is 10.1. The maximum Gasteiger partial charge on any atom is 0.191 e. The van der Waals surface area contributed by atoms with Gasteiger partial charge < -0.3 is 10.6 Å². The van der Waals surface area contributed by atoms with Gasteiger partial charge in [-0.15, -0.1) is 24.0 Å². The molecule has 0 radical (unpaired) electrons. The molecule has 0 spiro atoms. The molecular weight excluding hydrogens is 423 g/mol. The van der Waals surface area contributed by atoms with E-state index in [2.05, 4.69) is 15.6 Å². The molecule has 0 bridgehead atoms. The minimum absolute atomic E-state index is 0. The Hall–Kier alpha value is -1.70. The minimum atomic E-state index is -0.268. The van der Waals surface area contributed by atoms with Crippen molar-refractivity contribution in [1.29, 1.82) is 0 Å². The third-order valence-electron chi connectivity index (χ3n) is 3.62. The zero-order chi connectivity index (χ0) is 16.8. The topological polar surface area (TPSA) is 36.4 Å². The number of aliphatic imine (C=N–C) groups is 1. The van der Waals surface area contributed by atoms with Crippen molar-refractivity contribution in [2.24, 2.45) is 4.99 Å². The highest BCUT2D eigenvalue weighted by atomic mass is 127. The lowest BCUT2D eigenvalue weighted by molar-refractivity contribution is 0.607. The van der Waals surface area contributed by atoms with Gasteiger partial charge >= 0.3 is 0 Å². The predicted molar refractivity (Wildman–Crippen MR) is 105 cm³/mol. The molecule has 1 unspecified atom stereocenters. The summed E-state index contributed by atoms with van der Waals surface area (Å²) in [6.07, 6.45) is 0. The summed E-state index contributed by atoms with van der Waals surface area (Å²) in [4.78, 5) is 4.14. The van der Waals surface area contributed by atoms with Crippen LogP contribution in [0.15, 0.2) is 47.5 Å². The van der Waals surface area contributed by atoms with E-state index in [1.54, 1.807) is 26.1 Å². The Labute approximate surface area is 158 Å². The third kappa shape index (κ3) is 5.74. The molecule has 2 N–H and O–H groups in total. The molecule has 2 aromatic carbocycles. The number of halogens is 3. The molecule has 6 heteroatoms. The summed E-state index contributed by atoms with van der Waals surface area (Å²) in [5.41, 5.74) is 2.28. The monoisotopic (exact) mass is 445 g/mol. The van der Waals surface area contributed by atoms with E-state index in [9.17, 15) is 8.78 Å². The number of guanidine groups is 1. The summed E-state index contributed by atoms with van der Waals surface area (Å²) in [5.74, 6) is 0.0809. The maximum absolute atomic E-state index is 13.7. The molecular formula is C18H22F2IN3. The van der Waals surface area contributed by atoms with Gasteiger partial charge in [-0.2, -0.15) is 0 Å². The van der Waals surface area contributed by atoms with Crippen molar-refractivity contribution in [2.45, 2.75) is 26.4 Å². The van der Waals surface area contributed by atoms with Crippen LogP contribution in [0.1, 0.15) is 29.7 Å². The first-order chi connectivity index (χ1) is 11.0. The van der Waals surface area contributed by atoms with Crippen LogP contribution >= 0.6 is 24.0 Å². The van der Waals surface area contributed by atoms with Gasteiger partial charge in [0.25, 0.3) is 0 Å². The molecule has 0 aromatic heterocycles. The fourth-order valence-electron chi connectivity index (χ4n) is 2.19. The quantitative estimate of drug-likeness (QED) is 0.418. The predicted octanol–water partition coefficient (Wildman–Crippen LogP) is 4.32. The SMILES string of the molecule is CN=C(NCc1cccc(F)c1)NC(C)c1ccc(C)c(F)c1.I. The van der Waals surface area contributed by atoms with E-state index >= 15 is 0 Å². The highest BCUT2D eigenvalue weighted by Crippen LogP contribution is 2.16. The second-order valence-electron chi connectivity index (χ2n) is 5.43. The van der Waals surface area contributed by atoms with E-state index in [0.717, 1.165) is 11.1 Å². The average molecular weight is 445 g/mol. The van der Waals surface area contributed by atoms with Gasteiger partial charge in [0.15, 0.2) is 5.96 Å². The van der Waals surface area contributed by atoms with Crippen LogP contribution < -0.4 is 10.6 Å². The molecule has 0 aliphatic carbocycles. The number of benzene rings is 2. The molecule has 0 heterocycles.